The van der Waals surface area contributed by atoms with Gasteiger partial charge in [0.25, 0.3) is 0 Å². The standard InChI is InChI=1S/C49H48N4O6S/c1-33-15-25-42(26-16-33)60(56,57)52-44(28-35-9-4-3-5-10-35)48(55)50-29-37-11-8-12-41(27-37)38-21-23-40(24-22-38)49-58-46(30-53-32-51-43-13-6-7-14-45(43)53)34(2)47(59-49)39-19-17-36(31-54)18-20-39/h3-27,32,34,44,46-47,49,52,54H,28-31H2,1-2H3,(H,50,55)/t34-,44-,46+,47+,49+/m1/s1. The molecule has 3 N–H and O–H groups in total. The number of rotatable bonds is 14. The van der Waals surface area contributed by atoms with E-state index in [2.05, 4.69) is 32.6 Å². The van der Waals surface area contributed by atoms with Gasteiger partial charge in [-0.15, -0.1) is 0 Å². The van der Waals surface area contributed by atoms with Gasteiger partial charge in [0, 0.05) is 18.0 Å². The van der Waals surface area contributed by atoms with E-state index in [1.807, 2.05) is 135 Å². The summed E-state index contributed by atoms with van der Waals surface area (Å²) in [4.78, 5) is 18.4. The first-order valence-electron chi connectivity index (χ1n) is 20.1. The summed E-state index contributed by atoms with van der Waals surface area (Å²) in [6, 6.07) is 46.9. The molecule has 6 aromatic carbocycles. The third-order valence-corrected chi connectivity index (χ3v) is 12.7. The summed E-state index contributed by atoms with van der Waals surface area (Å²) in [5.41, 5.74) is 9.28. The number of aryl methyl sites for hydroxylation is 1. The highest BCUT2D eigenvalue weighted by Gasteiger charge is 2.39. The highest BCUT2D eigenvalue weighted by atomic mass is 32.2. The van der Waals surface area contributed by atoms with E-state index in [1.165, 1.54) is 0 Å². The van der Waals surface area contributed by atoms with Gasteiger partial charge in [-0.3, -0.25) is 4.79 Å². The molecule has 0 unspecified atom stereocenters. The number of fused-ring (bicyclic) bond motifs is 1. The highest BCUT2D eigenvalue weighted by Crippen LogP contribution is 2.42. The summed E-state index contributed by atoms with van der Waals surface area (Å²) in [6.07, 6.45) is 0.969. The van der Waals surface area contributed by atoms with Crippen LogP contribution < -0.4 is 10.0 Å². The Hall–Kier alpha value is -5.95. The minimum absolute atomic E-state index is 0.00637. The number of hydrogen-bond donors (Lipinski definition) is 3. The van der Waals surface area contributed by atoms with Crippen molar-refractivity contribution in [2.24, 2.45) is 5.92 Å². The van der Waals surface area contributed by atoms with Crippen molar-refractivity contribution in [2.45, 2.75) is 69.4 Å². The zero-order valence-electron chi connectivity index (χ0n) is 33.5. The van der Waals surface area contributed by atoms with E-state index in [0.717, 1.165) is 55.5 Å². The number of carbonyl (C=O) groups is 1. The molecule has 1 aromatic heterocycles. The Bertz CT molecular complexity index is 2650. The fourth-order valence-electron chi connectivity index (χ4n) is 7.69. The molecule has 8 rings (SSSR count). The lowest BCUT2D eigenvalue weighted by Crippen LogP contribution is -2.47. The normalized spacial score (nSPS) is 18.6. The van der Waals surface area contributed by atoms with Crippen LogP contribution in [-0.2, 0) is 50.4 Å². The number of hydrogen-bond acceptors (Lipinski definition) is 7. The molecule has 10 nitrogen and oxygen atoms in total. The average molecular weight is 821 g/mol. The molecule has 0 saturated carbocycles. The van der Waals surface area contributed by atoms with E-state index in [4.69, 9.17) is 9.47 Å². The lowest BCUT2D eigenvalue weighted by molar-refractivity contribution is -0.276. The zero-order valence-corrected chi connectivity index (χ0v) is 34.3. The summed E-state index contributed by atoms with van der Waals surface area (Å²) in [5.74, 6) is -0.417. The minimum Gasteiger partial charge on any atom is -0.392 e. The van der Waals surface area contributed by atoms with Crippen LogP contribution in [0.2, 0.25) is 0 Å². The lowest BCUT2D eigenvalue weighted by Gasteiger charge is -2.41. The molecule has 1 aliphatic rings. The van der Waals surface area contributed by atoms with Gasteiger partial charge in [-0.05, 0) is 77.1 Å². The summed E-state index contributed by atoms with van der Waals surface area (Å²) in [7, 11) is -3.97. The molecular formula is C49H48N4O6S. The van der Waals surface area contributed by atoms with E-state index in [1.54, 1.807) is 24.3 Å². The number of ether oxygens (including phenoxy) is 2. The van der Waals surface area contributed by atoms with Crippen LogP contribution in [0.15, 0.2) is 163 Å². The molecule has 0 spiro atoms. The third-order valence-electron chi connectivity index (χ3n) is 11.2. The van der Waals surface area contributed by atoms with Crippen LogP contribution in [0.3, 0.4) is 0 Å². The number of aliphatic hydroxyl groups is 1. The van der Waals surface area contributed by atoms with Crippen molar-refractivity contribution in [1.82, 2.24) is 19.6 Å². The maximum Gasteiger partial charge on any atom is 0.241 e. The Labute approximate surface area is 350 Å². The van der Waals surface area contributed by atoms with Crippen LogP contribution in [0.5, 0.6) is 0 Å². The number of carbonyl (C=O) groups excluding carboxylic acids is 1. The predicted molar refractivity (Wildman–Crippen MR) is 232 cm³/mol. The van der Waals surface area contributed by atoms with Crippen LogP contribution in [-0.4, -0.2) is 41.1 Å². The molecular weight excluding hydrogens is 773 g/mol. The molecule has 1 saturated heterocycles. The number of aromatic nitrogens is 2. The van der Waals surface area contributed by atoms with Gasteiger partial charge in [0.15, 0.2) is 6.29 Å². The monoisotopic (exact) mass is 820 g/mol. The lowest BCUT2D eigenvalue weighted by atomic mass is 9.90. The summed E-state index contributed by atoms with van der Waals surface area (Å²) in [5, 5.41) is 12.6. The SMILES string of the molecule is Cc1ccc(S(=O)(=O)N[C@H](Cc2ccccc2)C(=O)NCc2cccc(-c3ccc([C@H]4O[C@@H](Cn5cnc6ccccc65)[C@@H](C)[C@@H](c5ccc(CO)cc5)O4)cc3)c2)cc1. The van der Waals surface area contributed by atoms with E-state index in [-0.39, 0.29) is 42.6 Å². The van der Waals surface area contributed by atoms with Crippen molar-refractivity contribution in [3.63, 3.8) is 0 Å². The molecule has 306 valence electrons. The van der Waals surface area contributed by atoms with Crippen molar-refractivity contribution in [2.75, 3.05) is 0 Å². The number of aliphatic hydroxyl groups excluding tert-OH is 1. The molecule has 1 aliphatic heterocycles. The van der Waals surface area contributed by atoms with Gasteiger partial charge in [-0.25, -0.2) is 13.4 Å². The first-order chi connectivity index (χ1) is 29.1. The van der Waals surface area contributed by atoms with Crippen molar-refractivity contribution >= 4 is 27.0 Å². The second kappa shape index (κ2) is 18.1. The van der Waals surface area contributed by atoms with Crippen LogP contribution in [0.25, 0.3) is 22.2 Å². The van der Waals surface area contributed by atoms with Gasteiger partial charge in [0.2, 0.25) is 15.9 Å². The average Bonchev–Trinajstić information content (AvgIpc) is 3.69. The quantitative estimate of drug-likeness (QED) is 0.101. The Morgan fingerprint density at radius 3 is 2.22 bits per heavy atom. The maximum atomic E-state index is 13.7. The second-order valence-electron chi connectivity index (χ2n) is 15.4. The second-order valence-corrected chi connectivity index (χ2v) is 17.1. The van der Waals surface area contributed by atoms with E-state index >= 15 is 0 Å². The summed E-state index contributed by atoms with van der Waals surface area (Å²) >= 11 is 0. The van der Waals surface area contributed by atoms with Gasteiger partial charge in [0.1, 0.15) is 6.04 Å². The van der Waals surface area contributed by atoms with E-state index in [9.17, 15) is 18.3 Å². The summed E-state index contributed by atoms with van der Waals surface area (Å²) < 4.78 is 45.0. The zero-order chi connectivity index (χ0) is 41.6. The van der Waals surface area contributed by atoms with Crippen LogP contribution in [0.4, 0.5) is 0 Å². The topological polar surface area (TPSA) is 132 Å². The first-order valence-corrected chi connectivity index (χ1v) is 21.6. The molecule has 0 radical (unpaired) electrons. The van der Waals surface area contributed by atoms with Gasteiger partial charge in [-0.2, -0.15) is 4.72 Å². The van der Waals surface area contributed by atoms with Crippen LogP contribution in [0, 0.1) is 12.8 Å². The Balaban J connectivity index is 0.978. The minimum atomic E-state index is -3.97. The Morgan fingerprint density at radius 1 is 0.767 bits per heavy atom. The Morgan fingerprint density at radius 2 is 1.47 bits per heavy atom. The molecule has 60 heavy (non-hydrogen) atoms. The number of amides is 1. The van der Waals surface area contributed by atoms with E-state index < -0.39 is 28.3 Å². The van der Waals surface area contributed by atoms with E-state index in [0.29, 0.717) is 6.54 Å². The van der Waals surface area contributed by atoms with Crippen LogP contribution in [0.1, 0.15) is 52.7 Å². The number of imidazole rings is 1. The first kappa shape index (κ1) is 40.8. The fourth-order valence-corrected chi connectivity index (χ4v) is 8.89. The Kier molecular flexibility index (Phi) is 12.3. The van der Waals surface area contributed by atoms with Gasteiger partial charge in [-0.1, -0.05) is 134 Å². The van der Waals surface area contributed by atoms with Gasteiger partial charge in [0.05, 0.1) is 47.6 Å². The van der Waals surface area contributed by atoms with Crippen molar-refractivity contribution in [1.29, 1.82) is 0 Å². The smallest absolute Gasteiger partial charge is 0.241 e. The molecule has 1 fully saturated rings. The number of para-hydroxylation sites is 2. The van der Waals surface area contributed by atoms with Crippen molar-refractivity contribution < 1.29 is 27.8 Å². The van der Waals surface area contributed by atoms with Crippen molar-refractivity contribution in [3.8, 4) is 11.1 Å². The predicted octanol–water partition coefficient (Wildman–Crippen LogP) is 8.20. The molecule has 2 heterocycles. The number of benzene rings is 6. The molecule has 5 atom stereocenters. The number of nitrogens with one attached hydrogen (secondary N) is 2. The van der Waals surface area contributed by atoms with Crippen LogP contribution >= 0.6 is 0 Å². The van der Waals surface area contributed by atoms with Gasteiger partial charge < -0.3 is 24.5 Å². The summed E-state index contributed by atoms with van der Waals surface area (Å²) in [6.45, 7) is 4.81. The maximum absolute atomic E-state index is 13.7. The van der Waals surface area contributed by atoms with Crippen molar-refractivity contribution in [3.05, 3.63) is 191 Å². The molecule has 0 aliphatic carbocycles. The number of nitrogens with zero attached hydrogens (tertiary/aromatic N) is 2. The molecule has 11 heteroatoms. The largest absolute Gasteiger partial charge is 0.392 e. The molecule has 7 aromatic rings. The number of sulfonamides is 1. The molecule has 1 amide bonds. The molecule has 0 bridgehead atoms. The third kappa shape index (κ3) is 9.41. The highest BCUT2D eigenvalue weighted by molar-refractivity contribution is 7.89. The fraction of sp³-hybridized carbons (Fsp3) is 0.224. The van der Waals surface area contributed by atoms with Gasteiger partial charge >= 0.3 is 0 Å².